The third kappa shape index (κ3) is 1.58. The molecule has 0 saturated heterocycles. The lowest BCUT2D eigenvalue weighted by atomic mass is 10.2. The maximum atomic E-state index is 11.3. The molecule has 0 unspecified atom stereocenters. The number of aromatic amines is 1. The number of imidazole rings is 1. The van der Waals surface area contributed by atoms with Gasteiger partial charge in [0.2, 0.25) is 0 Å². The lowest BCUT2D eigenvalue weighted by Crippen LogP contribution is -2.11. The Hall–Kier alpha value is -2.21. The summed E-state index contributed by atoms with van der Waals surface area (Å²) in [6.07, 6.45) is 1.71. The number of aromatic nitrogens is 3. The zero-order valence-corrected chi connectivity index (χ0v) is 9.49. The molecule has 84 valence electrons. The molecule has 2 aromatic heterocycles. The van der Waals surface area contributed by atoms with E-state index in [4.69, 9.17) is 5.73 Å². The lowest BCUT2D eigenvalue weighted by molar-refractivity contribution is 0.100. The van der Waals surface area contributed by atoms with Crippen LogP contribution < -0.4 is 5.73 Å². The van der Waals surface area contributed by atoms with Crippen molar-refractivity contribution in [3.05, 3.63) is 35.3 Å². The van der Waals surface area contributed by atoms with E-state index in [2.05, 4.69) is 15.0 Å². The Morgan fingerprint density at radius 3 is 3.00 bits per heavy atom. The fraction of sp³-hybridized carbons (Fsp3) is 0. The molecule has 0 spiro atoms. The second kappa shape index (κ2) is 3.67. The minimum atomic E-state index is -0.479. The molecule has 0 radical (unpaired) electrons. The Balaban J connectivity index is 2.26. The molecule has 0 atom stereocenters. The van der Waals surface area contributed by atoms with Gasteiger partial charge in [0.05, 0.1) is 11.1 Å². The van der Waals surface area contributed by atoms with Crippen LogP contribution in [0.25, 0.3) is 21.9 Å². The second-order valence-corrected chi connectivity index (χ2v) is 4.38. The van der Waals surface area contributed by atoms with Crippen LogP contribution in [0.3, 0.4) is 0 Å². The number of para-hydroxylation sites is 1. The molecular formula is C11H8N4OS. The monoisotopic (exact) mass is 244 g/mol. The number of nitrogens with one attached hydrogen (secondary N) is 1. The van der Waals surface area contributed by atoms with Crippen molar-refractivity contribution >= 4 is 28.3 Å². The van der Waals surface area contributed by atoms with Crippen molar-refractivity contribution < 1.29 is 4.79 Å². The number of hydrogen-bond acceptors (Lipinski definition) is 4. The topological polar surface area (TPSA) is 84.7 Å². The van der Waals surface area contributed by atoms with Gasteiger partial charge in [-0.15, -0.1) is 11.3 Å². The number of carbonyl (C=O) groups is 1. The van der Waals surface area contributed by atoms with Crippen molar-refractivity contribution in [3.8, 4) is 10.8 Å². The molecule has 3 aromatic rings. The van der Waals surface area contributed by atoms with Crippen LogP contribution in [0.4, 0.5) is 0 Å². The number of H-pyrrole nitrogens is 1. The molecule has 3 N–H and O–H groups in total. The van der Waals surface area contributed by atoms with E-state index >= 15 is 0 Å². The number of amides is 1. The maximum Gasteiger partial charge on any atom is 0.250 e. The predicted octanol–water partition coefficient (Wildman–Crippen LogP) is 1.79. The number of benzene rings is 1. The van der Waals surface area contributed by atoms with Gasteiger partial charge in [0.25, 0.3) is 5.91 Å². The number of hydrogen-bond donors (Lipinski definition) is 2. The van der Waals surface area contributed by atoms with Crippen molar-refractivity contribution in [3.63, 3.8) is 0 Å². The standard InChI is InChI=1S/C11H8N4OS/c12-9(16)6-2-1-3-7-8(6)15-10(14-7)11-13-4-5-17-11/h1-5H,(H2,12,16)(H,14,15). The van der Waals surface area contributed by atoms with Crippen molar-refractivity contribution in [1.82, 2.24) is 15.0 Å². The van der Waals surface area contributed by atoms with Crippen LogP contribution in [0, 0.1) is 0 Å². The summed E-state index contributed by atoms with van der Waals surface area (Å²) >= 11 is 1.48. The van der Waals surface area contributed by atoms with Crippen molar-refractivity contribution in [2.45, 2.75) is 0 Å². The fourth-order valence-corrected chi connectivity index (χ4v) is 2.25. The molecule has 1 aromatic carbocycles. The average molecular weight is 244 g/mol. The van der Waals surface area contributed by atoms with Crippen LogP contribution in [0.5, 0.6) is 0 Å². The summed E-state index contributed by atoms with van der Waals surface area (Å²) in [6.45, 7) is 0. The van der Waals surface area contributed by atoms with Gasteiger partial charge in [-0.3, -0.25) is 4.79 Å². The number of rotatable bonds is 2. The van der Waals surface area contributed by atoms with Crippen LogP contribution >= 0.6 is 11.3 Å². The smallest absolute Gasteiger partial charge is 0.250 e. The lowest BCUT2D eigenvalue weighted by Gasteiger charge is -1.94. The first-order chi connectivity index (χ1) is 8.25. The molecule has 0 saturated carbocycles. The molecule has 1 amide bonds. The molecule has 0 aliphatic carbocycles. The number of nitrogens with zero attached hydrogens (tertiary/aromatic N) is 2. The van der Waals surface area contributed by atoms with Crippen LogP contribution in [0.1, 0.15) is 10.4 Å². The van der Waals surface area contributed by atoms with Crippen LogP contribution in [-0.2, 0) is 0 Å². The van der Waals surface area contributed by atoms with E-state index in [1.807, 2.05) is 11.4 Å². The van der Waals surface area contributed by atoms with Gasteiger partial charge in [0.15, 0.2) is 10.8 Å². The SMILES string of the molecule is NC(=O)c1cccc2[nH]c(-c3nccs3)nc12. The summed E-state index contributed by atoms with van der Waals surface area (Å²) in [6, 6.07) is 5.29. The van der Waals surface area contributed by atoms with E-state index in [0.717, 1.165) is 10.5 Å². The molecule has 17 heavy (non-hydrogen) atoms. The Kier molecular flexibility index (Phi) is 2.15. The van der Waals surface area contributed by atoms with Gasteiger partial charge in [-0.05, 0) is 12.1 Å². The molecule has 0 fully saturated rings. The summed E-state index contributed by atoms with van der Waals surface area (Å²) < 4.78 is 0. The number of fused-ring (bicyclic) bond motifs is 1. The summed E-state index contributed by atoms with van der Waals surface area (Å²) in [5.74, 6) is 0.177. The molecule has 0 aliphatic heterocycles. The number of thiazole rings is 1. The second-order valence-electron chi connectivity index (χ2n) is 3.49. The van der Waals surface area contributed by atoms with Crippen molar-refractivity contribution in [2.24, 2.45) is 5.73 Å². The maximum absolute atomic E-state index is 11.3. The minimum Gasteiger partial charge on any atom is -0.366 e. The average Bonchev–Trinajstić information content (AvgIpc) is 2.96. The molecule has 2 heterocycles. The first kappa shape index (κ1) is 9.98. The van der Waals surface area contributed by atoms with Crippen molar-refractivity contribution in [1.29, 1.82) is 0 Å². The first-order valence-electron chi connectivity index (χ1n) is 4.94. The van der Waals surface area contributed by atoms with Gasteiger partial charge in [0.1, 0.15) is 5.52 Å². The fourth-order valence-electron chi connectivity index (χ4n) is 1.67. The van der Waals surface area contributed by atoms with E-state index < -0.39 is 5.91 Å². The summed E-state index contributed by atoms with van der Waals surface area (Å²) in [5, 5.41) is 2.66. The zero-order valence-electron chi connectivity index (χ0n) is 8.68. The number of carbonyl (C=O) groups excluding carboxylic acids is 1. The molecule has 0 aliphatic rings. The van der Waals surface area contributed by atoms with Crippen LogP contribution in [0.15, 0.2) is 29.8 Å². The summed E-state index contributed by atoms with van der Waals surface area (Å²) in [5.41, 5.74) is 7.09. The number of primary amides is 1. The van der Waals surface area contributed by atoms with Crippen LogP contribution in [-0.4, -0.2) is 20.9 Å². The number of nitrogens with two attached hydrogens (primary N) is 1. The molecule has 6 heteroatoms. The third-order valence-electron chi connectivity index (χ3n) is 2.41. The van der Waals surface area contributed by atoms with Crippen LogP contribution in [0.2, 0.25) is 0 Å². The van der Waals surface area contributed by atoms with E-state index in [-0.39, 0.29) is 0 Å². The van der Waals surface area contributed by atoms with E-state index in [0.29, 0.717) is 16.9 Å². The summed E-state index contributed by atoms with van der Waals surface area (Å²) in [4.78, 5) is 22.9. The summed E-state index contributed by atoms with van der Waals surface area (Å²) in [7, 11) is 0. The highest BCUT2D eigenvalue weighted by Gasteiger charge is 2.12. The Morgan fingerprint density at radius 2 is 2.29 bits per heavy atom. The molecule has 0 bridgehead atoms. The van der Waals surface area contributed by atoms with E-state index in [1.54, 1.807) is 18.3 Å². The normalized spacial score (nSPS) is 10.8. The Labute approximate surface area is 100 Å². The molecular weight excluding hydrogens is 236 g/mol. The van der Waals surface area contributed by atoms with E-state index in [1.165, 1.54) is 11.3 Å². The highest BCUT2D eigenvalue weighted by atomic mass is 32.1. The van der Waals surface area contributed by atoms with Crippen molar-refractivity contribution in [2.75, 3.05) is 0 Å². The zero-order chi connectivity index (χ0) is 11.8. The predicted molar refractivity (Wildman–Crippen MR) is 65.7 cm³/mol. The highest BCUT2D eigenvalue weighted by molar-refractivity contribution is 7.13. The quantitative estimate of drug-likeness (QED) is 0.720. The van der Waals surface area contributed by atoms with Gasteiger partial charge in [-0.1, -0.05) is 6.07 Å². The Morgan fingerprint density at radius 1 is 1.41 bits per heavy atom. The Bertz CT molecular complexity index is 687. The van der Waals surface area contributed by atoms with Gasteiger partial charge < -0.3 is 10.7 Å². The molecule has 3 rings (SSSR count). The highest BCUT2D eigenvalue weighted by Crippen LogP contribution is 2.23. The van der Waals surface area contributed by atoms with Gasteiger partial charge >= 0.3 is 0 Å². The van der Waals surface area contributed by atoms with Gasteiger partial charge in [-0.25, -0.2) is 9.97 Å². The van der Waals surface area contributed by atoms with Gasteiger partial charge in [0, 0.05) is 11.6 Å². The van der Waals surface area contributed by atoms with E-state index in [9.17, 15) is 4.79 Å². The largest absolute Gasteiger partial charge is 0.366 e. The first-order valence-corrected chi connectivity index (χ1v) is 5.82. The third-order valence-corrected chi connectivity index (χ3v) is 3.19. The van der Waals surface area contributed by atoms with Gasteiger partial charge in [-0.2, -0.15) is 0 Å². The minimum absolute atomic E-state index is 0.418. The molecule has 5 nitrogen and oxygen atoms in total.